The Morgan fingerprint density at radius 2 is 2.23 bits per heavy atom. The Balaban J connectivity index is 1.94. The fourth-order valence-corrected chi connectivity index (χ4v) is 3.31. The number of nitrogens with zero attached hydrogens (tertiary/aromatic N) is 3. The molecule has 6 nitrogen and oxygen atoms in total. The highest BCUT2D eigenvalue weighted by Crippen LogP contribution is 2.28. The number of nitrogens with one attached hydrogen (secondary N) is 2. The predicted molar refractivity (Wildman–Crippen MR) is 87.7 cm³/mol. The largest absolute Gasteiger partial charge is 0.355 e. The van der Waals surface area contributed by atoms with Crippen LogP contribution in [0.4, 0.5) is 0 Å². The number of rotatable bonds is 6. The third kappa shape index (κ3) is 4.30. The van der Waals surface area contributed by atoms with Gasteiger partial charge in [-0.3, -0.25) is 9.48 Å². The summed E-state index contributed by atoms with van der Waals surface area (Å²) < 4.78 is 1.79. The molecule has 2 rings (SSSR count). The number of aromatic nitrogens is 2. The van der Waals surface area contributed by atoms with Gasteiger partial charge in [0.1, 0.15) is 0 Å². The van der Waals surface area contributed by atoms with Crippen LogP contribution in [0.15, 0.2) is 12.4 Å². The van der Waals surface area contributed by atoms with Gasteiger partial charge in [-0.1, -0.05) is 13.8 Å². The fourth-order valence-electron chi connectivity index (χ4n) is 3.31. The molecule has 1 amide bonds. The highest BCUT2D eigenvalue weighted by Gasteiger charge is 2.35. The summed E-state index contributed by atoms with van der Waals surface area (Å²) in [7, 11) is 6.02. The van der Waals surface area contributed by atoms with E-state index in [2.05, 4.69) is 48.6 Å². The number of hydrogen-bond acceptors (Lipinski definition) is 4. The second-order valence-corrected chi connectivity index (χ2v) is 7.44. The molecular weight excluding hydrogens is 278 g/mol. The van der Waals surface area contributed by atoms with Crippen LogP contribution in [0.25, 0.3) is 0 Å². The zero-order valence-electron chi connectivity index (χ0n) is 14.4. The van der Waals surface area contributed by atoms with Crippen LogP contribution >= 0.6 is 0 Å². The summed E-state index contributed by atoms with van der Waals surface area (Å²) in [6.07, 6.45) is 3.88. The summed E-state index contributed by atoms with van der Waals surface area (Å²) in [5.41, 5.74) is 1.20. The van der Waals surface area contributed by atoms with E-state index in [0.29, 0.717) is 6.54 Å². The lowest BCUT2D eigenvalue weighted by atomic mass is 9.89. The first-order chi connectivity index (χ1) is 10.3. The van der Waals surface area contributed by atoms with Crippen molar-refractivity contribution in [3.63, 3.8) is 0 Å². The van der Waals surface area contributed by atoms with Crippen molar-refractivity contribution in [2.45, 2.75) is 19.8 Å². The average molecular weight is 307 g/mol. The molecule has 0 unspecified atom stereocenters. The lowest BCUT2D eigenvalue weighted by Crippen LogP contribution is -2.43. The maximum absolute atomic E-state index is 12.6. The maximum atomic E-state index is 12.6. The van der Waals surface area contributed by atoms with E-state index in [0.717, 1.165) is 25.2 Å². The Morgan fingerprint density at radius 3 is 2.82 bits per heavy atom. The van der Waals surface area contributed by atoms with Gasteiger partial charge in [-0.15, -0.1) is 0 Å². The molecule has 2 heterocycles. The number of carbonyl (C=O) groups excluding carboxylic acids is 1. The quantitative estimate of drug-likeness (QED) is 0.800. The highest BCUT2D eigenvalue weighted by atomic mass is 16.1. The van der Waals surface area contributed by atoms with Crippen molar-refractivity contribution in [1.29, 1.82) is 0 Å². The Bertz CT molecular complexity index is 508. The standard InChI is InChI=1S/C16H29N5O/c1-16(2,11-20(3)4)10-18-15(22)14-8-17-7-13(14)12-6-19-21(5)9-12/h6,9,13-14,17H,7-8,10-11H2,1-5H3,(H,18,22)/t13-,14+/m1/s1. The van der Waals surface area contributed by atoms with E-state index in [4.69, 9.17) is 0 Å². The smallest absolute Gasteiger partial charge is 0.225 e. The molecule has 0 saturated carbocycles. The second-order valence-electron chi connectivity index (χ2n) is 7.44. The van der Waals surface area contributed by atoms with Crippen molar-refractivity contribution in [1.82, 2.24) is 25.3 Å². The third-order valence-electron chi connectivity index (χ3n) is 4.19. The first-order valence-electron chi connectivity index (χ1n) is 7.90. The molecule has 1 aliphatic heterocycles. The molecule has 0 radical (unpaired) electrons. The fraction of sp³-hybridized carbons (Fsp3) is 0.750. The van der Waals surface area contributed by atoms with Gasteiger partial charge >= 0.3 is 0 Å². The van der Waals surface area contributed by atoms with Crippen molar-refractivity contribution in [2.75, 3.05) is 40.3 Å². The topological polar surface area (TPSA) is 62.2 Å². The zero-order valence-corrected chi connectivity index (χ0v) is 14.4. The van der Waals surface area contributed by atoms with E-state index >= 15 is 0 Å². The molecular formula is C16H29N5O. The molecule has 124 valence electrons. The van der Waals surface area contributed by atoms with E-state index < -0.39 is 0 Å². The molecule has 2 N–H and O–H groups in total. The summed E-state index contributed by atoms with van der Waals surface area (Å²) in [4.78, 5) is 14.7. The minimum atomic E-state index is -0.0145. The summed E-state index contributed by atoms with van der Waals surface area (Å²) in [5, 5.41) is 10.7. The van der Waals surface area contributed by atoms with E-state index in [1.54, 1.807) is 4.68 Å². The van der Waals surface area contributed by atoms with Crippen LogP contribution in [0.2, 0.25) is 0 Å². The Hall–Kier alpha value is -1.40. The third-order valence-corrected chi connectivity index (χ3v) is 4.19. The number of aryl methyl sites for hydroxylation is 1. The molecule has 0 spiro atoms. The van der Waals surface area contributed by atoms with Gasteiger partial charge in [0.05, 0.1) is 12.1 Å². The van der Waals surface area contributed by atoms with Gasteiger partial charge in [0.15, 0.2) is 0 Å². The van der Waals surface area contributed by atoms with Crippen LogP contribution in [0.1, 0.15) is 25.3 Å². The van der Waals surface area contributed by atoms with Crippen molar-refractivity contribution >= 4 is 5.91 Å². The number of carbonyl (C=O) groups is 1. The maximum Gasteiger partial charge on any atom is 0.225 e. The van der Waals surface area contributed by atoms with E-state index in [1.165, 1.54) is 0 Å². The molecule has 22 heavy (non-hydrogen) atoms. The van der Waals surface area contributed by atoms with Gasteiger partial charge in [-0.25, -0.2) is 0 Å². The van der Waals surface area contributed by atoms with Crippen LogP contribution in [-0.4, -0.2) is 60.9 Å². The predicted octanol–water partition coefficient (Wildman–Crippen LogP) is 0.427. The summed E-state index contributed by atoms with van der Waals surface area (Å²) in [6, 6.07) is 0. The lowest BCUT2D eigenvalue weighted by molar-refractivity contribution is -0.125. The van der Waals surface area contributed by atoms with Crippen molar-refractivity contribution in [3.8, 4) is 0 Å². The zero-order chi connectivity index (χ0) is 16.3. The molecule has 1 fully saturated rings. The summed E-state index contributed by atoms with van der Waals surface area (Å²) in [5.74, 6) is 0.343. The first-order valence-corrected chi connectivity index (χ1v) is 7.90. The Morgan fingerprint density at radius 1 is 1.50 bits per heavy atom. The molecule has 0 aromatic carbocycles. The lowest BCUT2D eigenvalue weighted by Gasteiger charge is -2.29. The summed E-state index contributed by atoms with van der Waals surface area (Å²) >= 11 is 0. The summed E-state index contributed by atoms with van der Waals surface area (Å²) in [6.45, 7) is 7.57. The molecule has 0 aliphatic carbocycles. The normalized spacial score (nSPS) is 22.3. The van der Waals surface area contributed by atoms with Gasteiger partial charge in [-0.2, -0.15) is 5.10 Å². The van der Waals surface area contributed by atoms with Gasteiger partial charge in [0.25, 0.3) is 0 Å². The van der Waals surface area contributed by atoms with E-state index in [9.17, 15) is 4.79 Å². The first kappa shape index (κ1) is 17.0. The molecule has 1 saturated heterocycles. The van der Waals surface area contributed by atoms with Crippen LogP contribution in [0.3, 0.4) is 0 Å². The molecule has 1 aromatic rings. The average Bonchev–Trinajstić information content (AvgIpc) is 3.02. The minimum absolute atomic E-state index is 0.0145. The van der Waals surface area contributed by atoms with Crippen molar-refractivity contribution in [3.05, 3.63) is 18.0 Å². The number of amides is 1. The van der Waals surface area contributed by atoms with Crippen LogP contribution in [0, 0.1) is 11.3 Å². The second kappa shape index (κ2) is 6.79. The Kier molecular flexibility index (Phi) is 5.24. The van der Waals surface area contributed by atoms with E-state index in [1.807, 2.05) is 19.4 Å². The van der Waals surface area contributed by atoms with E-state index in [-0.39, 0.29) is 23.2 Å². The molecule has 6 heteroatoms. The van der Waals surface area contributed by atoms with Gasteiger partial charge < -0.3 is 15.5 Å². The van der Waals surface area contributed by atoms with Gasteiger partial charge in [0.2, 0.25) is 5.91 Å². The van der Waals surface area contributed by atoms with Crippen molar-refractivity contribution < 1.29 is 4.79 Å². The van der Waals surface area contributed by atoms with Crippen molar-refractivity contribution in [2.24, 2.45) is 18.4 Å². The molecule has 1 aromatic heterocycles. The SMILES string of the molecule is CN(C)CC(C)(C)CNC(=O)[C@H]1CNC[C@@H]1c1cnn(C)c1. The van der Waals surface area contributed by atoms with Crippen LogP contribution in [0.5, 0.6) is 0 Å². The van der Waals surface area contributed by atoms with Crippen LogP contribution in [-0.2, 0) is 11.8 Å². The van der Waals surface area contributed by atoms with Gasteiger partial charge in [-0.05, 0) is 25.1 Å². The Labute approximate surface area is 133 Å². The monoisotopic (exact) mass is 307 g/mol. The molecule has 0 bridgehead atoms. The minimum Gasteiger partial charge on any atom is -0.355 e. The number of hydrogen-bond donors (Lipinski definition) is 2. The molecule has 2 atom stereocenters. The van der Waals surface area contributed by atoms with Crippen LogP contribution < -0.4 is 10.6 Å². The molecule has 1 aliphatic rings. The van der Waals surface area contributed by atoms with Gasteiger partial charge in [0, 0.05) is 45.3 Å². The highest BCUT2D eigenvalue weighted by molar-refractivity contribution is 5.80.